The Morgan fingerprint density at radius 1 is 1.21 bits per heavy atom. The summed E-state index contributed by atoms with van der Waals surface area (Å²) >= 11 is 6.06. The van der Waals surface area contributed by atoms with Gasteiger partial charge in [-0.25, -0.2) is 4.98 Å². The van der Waals surface area contributed by atoms with Gasteiger partial charge in [-0.15, -0.1) is 0 Å². The Labute approximate surface area is 112 Å². The molecule has 1 aromatic heterocycles. The molecule has 0 radical (unpaired) electrons. The number of nitrogens with zero attached hydrogens (tertiary/aromatic N) is 2. The van der Waals surface area contributed by atoms with E-state index < -0.39 is 4.92 Å². The zero-order chi connectivity index (χ0) is 13.4. The average molecular weight is 275 g/mol. The van der Waals surface area contributed by atoms with E-state index in [1.807, 2.05) is 6.07 Å². The van der Waals surface area contributed by atoms with Crippen LogP contribution in [-0.4, -0.2) is 9.91 Å². The second kappa shape index (κ2) is 4.37. The Kier molecular flexibility index (Phi) is 2.68. The third kappa shape index (κ3) is 2.04. The molecule has 0 aliphatic heterocycles. The molecule has 19 heavy (non-hydrogen) atoms. The van der Waals surface area contributed by atoms with Crippen molar-refractivity contribution >= 4 is 28.4 Å². The van der Waals surface area contributed by atoms with Gasteiger partial charge in [-0.1, -0.05) is 23.7 Å². The number of halogens is 1. The molecule has 0 spiro atoms. The number of nitro groups is 1. The highest BCUT2D eigenvalue weighted by atomic mass is 35.5. The van der Waals surface area contributed by atoms with Gasteiger partial charge in [0.05, 0.1) is 15.5 Å². The minimum Gasteiger partial charge on any atom is -0.436 e. The summed E-state index contributed by atoms with van der Waals surface area (Å²) in [5.41, 5.74) is 1.55. The van der Waals surface area contributed by atoms with Crippen LogP contribution in [0.5, 0.6) is 0 Å². The Bertz CT molecular complexity index is 782. The van der Waals surface area contributed by atoms with Crippen LogP contribution in [0, 0.1) is 10.1 Å². The van der Waals surface area contributed by atoms with E-state index >= 15 is 0 Å². The van der Waals surface area contributed by atoms with Gasteiger partial charge in [0.2, 0.25) is 5.89 Å². The molecule has 0 aliphatic carbocycles. The zero-order valence-corrected chi connectivity index (χ0v) is 10.3. The fraction of sp³-hybridized carbons (Fsp3) is 0. The minimum absolute atomic E-state index is 0.0218. The molecule has 2 aromatic carbocycles. The van der Waals surface area contributed by atoms with E-state index in [-0.39, 0.29) is 5.69 Å². The van der Waals surface area contributed by atoms with Gasteiger partial charge < -0.3 is 4.42 Å². The highest BCUT2D eigenvalue weighted by Crippen LogP contribution is 2.30. The SMILES string of the molecule is O=[N+]([O-])c1ccc2oc(-c3ccccc3Cl)nc2c1. The summed E-state index contributed by atoms with van der Waals surface area (Å²) in [6, 6.07) is 11.4. The fourth-order valence-electron chi connectivity index (χ4n) is 1.78. The van der Waals surface area contributed by atoms with Crippen LogP contribution < -0.4 is 0 Å². The van der Waals surface area contributed by atoms with Crippen molar-refractivity contribution in [3.8, 4) is 11.5 Å². The molecule has 3 aromatic rings. The molecule has 0 N–H and O–H groups in total. The van der Waals surface area contributed by atoms with Crippen LogP contribution >= 0.6 is 11.6 Å². The highest BCUT2D eigenvalue weighted by molar-refractivity contribution is 6.33. The Morgan fingerprint density at radius 3 is 2.74 bits per heavy atom. The number of aromatic nitrogens is 1. The smallest absolute Gasteiger partial charge is 0.271 e. The summed E-state index contributed by atoms with van der Waals surface area (Å²) in [6.07, 6.45) is 0. The van der Waals surface area contributed by atoms with Gasteiger partial charge in [0.1, 0.15) is 5.52 Å². The normalized spacial score (nSPS) is 10.8. The van der Waals surface area contributed by atoms with Gasteiger partial charge in [0.15, 0.2) is 5.58 Å². The molecule has 94 valence electrons. The fourth-order valence-corrected chi connectivity index (χ4v) is 2.00. The van der Waals surface area contributed by atoms with Crippen molar-refractivity contribution in [2.45, 2.75) is 0 Å². The third-order valence-electron chi connectivity index (χ3n) is 2.69. The summed E-state index contributed by atoms with van der Waals surface area (Å²) in [6.45, 7) is 0. The van der Waals surface area contributed by atoms with Crippen molar-refractivity contribution in [3.63, 3.8) is 0 Å². The molecular weight excluding hydrogens is 268 g/mol. The standard InChI is InChI=1S/C13H7ClN2O3/c14-10-4-2-1-3-9(10)13-15-11-7-8(16(17)18)5-6-12(11)19-13/h1-7H. The van der Waals surface area contributed by atoms with E-state index in [1.165, 1.54) is 18.2 Å². The lowest BCUT2D eigenvalue weighted by Gasteiger charge is -1.96. The number of benzene rings is 2. The van der Waals surface area contributed by atoms with Gasteiger partial charge in [-0.3, -0.25) is 10.1 Å². The number of hydrogen-bond acceptors (Lipinski definition) is 4. The van der Waals surface area contributed by atoms with Crippen LogP contribution in [0.25, 0.3) is 22.6 Å². The van der Waals surface area contributed by atoms with Crippen LogP contribution in [0.3, 0.4) is 0 Å². The monoisotopic (exact) mass is 274 g/mol. The third-order valence-corrected chi connectivity index (χ3v) is 3.02. The van der Waals surface area contributed by atoms with Gasteiger partial charge in [-0.2, -0.15) is 0 Å². The summed E-state index contributed by atoms with van der Waals surface area (Å²) in [5, 5.41) is 11.2. The number of rotatable bonds is 2. The molecular formula is C13H7ClN2O3. The quantitative estimate of drug-likeness (QED) is 0.522. The number of oxazole rings is 1. The van der Waals surface area contributed by atoms with Crippen LogP contribution in [-0.2, 0) is 0 Å². The Morgan fingerprint density at radius 2 is 2.00 bits per heavy atom. The van der Waals surface area contributed by atoms with E-state index in [1.54, 1.807) is 18.2 Å². The van der Waals surface area contributed by atoms with Crippen LogP contribution in [0.4, 0.5) is 5.69 Å². The van der Waals surface area contributed by atoms with Crippen molar-refractivity contribution in [1.82, 2.24) is 4.98 Å². The highest BCUT2D eigenvalue weighted by Gasteiger charge is 2.14. The maximum absolute atomic E-state index is 10.7. The topological polar surface area (TPSA) is 69.2 Å². The average Bonchev–Trinajstić information content (AvgIpc) is 2.81. The summed E-state index contributed by atoms with van der Waals surface area (Å²) in [7, 11) is 0. The number of non-ortho nitro benzene ring substituents is 1. The van der Waals surface area contributed by atoms with Crippen molar-refractivity contribution < 1.29 is 9.34 Å². The first-order valence-corrected chi connectivity index (χ1v) is 5.83. The first-order valence-electron chi connectivity index (χ1n) is 5.45. The minimum atomic E-state index is -0.469. The molecule has 0 saturated heterocycles. The van der Waals surface area contributed by atoms with Gasteiger partial charge >= 0.3 is 0 Å². The van der Waals surface area contributed by atoms with Crippen molar-refractivity contribution in [2.24, 2.45) is 0 Å². The molecule has 5 nitrogen and oxygen atoms in total. The molecule has 0 bridgehead atoms. The molecule has 0 fully saturated rings. The van der Waals surface area contributed by atoms with E-state index in [0.29, 0.717) is 27.6 Å². The molecule has 6 heteroatoms. The molecule has 1 heterocycles. The predicted octanol–water partition coefficient (Wildman–Crippen LogP) is 4.06. The van der Waals surface area contributed by atoms with Crippen molar-refractivity contribution in [1.29, 1.82) is 0 Å². The summed E-state index contributed by atoms with van der Waals surface area (Å²) < 4.78 is 5.55. The van der Waals surface area contributed by atoms with Crippen LogP contribution in [0.2, 0.25) is 5.02 Å². The zero-order valence-electron chi connectivity index (χ0n) is 9.54. The molecule has 0 aliphatic rings. The maximum Gasteiger partial charge on any atom is 0.271 e. The lowest BCUT2D eigenvalue weighted by molar-refractivity contribution is -0.384. The van der Waals surface area contributed by atoms with Crippen LogP contribution in [0.1, 0.15) is 0 Å². The Hall–Kier alpha value is -2.40. The van der Waals surface area contributed by atoms with Crippen molar-refractivity contribution in [3.05, 3.63) is 57.6 Å². The van der Waals surface area contributed by atoms with E-state index in [2.05, 4.69) is 4.98 Å². The number of nitro benzene ring substituents is 1. The largest absolute Gasteiger partial charge is 0.436 e. The lowest BCUT2D eigenvalue weighted by atomic mass is 10.2. The predicted molar refractivity (Wildman–Crippen MR) is 71.1 cm³/mol. The number of fused-ring (bicyclic) bond motifs is 1. The molecule has 0 atom stereocenters. The van der Waals surface area contributed by atoms with Gasteiger partial charge in [0.25, 0.3) is 5.69 Å². The second-order valence-electron chi connectivity index (χ2n) is 3.91. The first kappa shape index (κ1) is 11.7. The Balaban J connectivity index is 2.17. The molecule has 3 rings (SSSR count). The first-order chi connectivity index (χ1) is 9.15. The summed E-state index contributed by atoms with van der Waals surface area (Å²) in [4.78, 5) is 14.5. The molecule has 0 unspecified atom stereocenters. The van der Waals surface area contributed by atoms with Crippen LogP contribution in [0.15, 0.2) is 46.9 Å². The molecule has 0 amide bonds. The maximum atomic E-state index is 10.7. The molecule has 0 saturated carbocycles. The lowest BCUT2D eigenvalue weighted by Crippen LogP contribution is -1.86. The number of hydrogen-bond donors (Lipinski definition) is 0. The van der Waals surface area contributed by atoms with Gasteiger partial charge in [0, 0.05) is 12.1 Å². The van der Waals surface area contributed by atoms with E-state index in [4.69, 9.17) is 16.0 Å². The summed E-state index contributed by atoms with van der Waals surface area (Å²) in [5.74, 6) is 0.348. The second-order valence-corrected chi connectivity index (χ2v) is 4.32. The van der Waals surface area contributed by atoms with E-state index in [0.717, 1.165) is 0 Å². The van der Waals surface area contributed by atoms with Crippen molar-refractivity contribution in [2.75, 3.05) is 0 Å². The van der Waals surface area contributed by atoms with E-state index in [9.17, 15) is 10.1 Å². The van der Waals surface area contributed by atoms with Gasteiger partial charge in [-0.05, 0) is 18.2 Å².